The normalized spacial score (nSPS) is 11.8. The molecule has 0 saturated carbocycles. The first kappa shape index (κ1) is 17.1. The first-order chi connectivity index (χ1) is 9.41. The van der Waals surface area contributed by atoms with Crippen LogP contribution in [-0.2, 0) is 20.1 Å². The number of amides is 1. The number of nitrogens with zero attached hydrogens (tertiary/aromatic N) is 1. The molecule has 1 rings (SSSR count). The van der Waals surface area contributed by atoms with E-state index in [1.54, 1.807) is 24.3 Å². The standard InChI is InChI=1S/C13H19BrN2O3S/c1-2-3-8-16(10-13(15)17)20(18,19)12-6-4-11(9-14)5-7-12/h4-7H,2-3,8-10H2,1H3,(H2,15,17). The van der Waals surface area contributed by atoms with Crippen LogP contribution in [0.3, 0.4) is 0 Å². The predicted octanol–water partition coefficient (Wildman–Crippen LogP) is 1.86. The second-order valence-electron chi connectivity index (χ2n) is 4.44. The van der Waals surface area contributed by atoms with E-state index in [0.717, 1.165) is 16.3 Å². The van der Waals surface area contributed by atoms with Gasteiger partial charge in [0.1, 0.15) is 0 Å². The lowest BCUT2D eigenvalue weighted by molar-refractivity contribution is -0.118. The molecule has 0 aliphatic carbocycles. The van der Waals surface area contributed by atoms with Gasteiger partial charge in [-0.1, -0.05) is 41.4 Å². The summed E-state index contributed by atoms with van der Waals surface area (Å²) in [4.78, 5) is 11.2. The first-order valence-corrected chi connectivity index (χ1v) is 8.91. The van der Waals surface area contributed by atoms with Crippen molar-refractivity contribution >= 4 is 31.9 Å². The monoisotopic (exact) mass is 362 g/mol. The summed E-state index contributed by atoms with van der Waals surface area (Å²) in [5, 5.41) is 0.661. The SMILES string of the molecule is CCCCN(CC(N)=O)S(=O)(=O)c1ccc(CBr)cc1. The predicted molar refractivity (Wildman–Crippen MR) is 81.9 cm³/mol. The van der Waals surface area contributed by atoms with Crippen molar-refractivity contribution in [3.63, 3.8) is 0 Å². The lowest BCUT2D eigenvalue weighted by Crippen LogP contribution is -2.39. The van der Waals surface area contributed by atoms with Gasteiger partial charge in [0, 0.05) is 11.9 Å². The fourth-order valence-corrected chi connectivity index (χ4v) is 3.51. The number of carbonyl (C=O) groups is 1. The number of primary amides is 1. The van der Waals surface area contributed by atoms with Crippen LogP contribution in [0.25, 0.3) is 0 Å². The van der Waals surface area contributed by atoms with Crippen molar-refractivity contribution in [3.8, 4) is 0 Å². The molecule has 20 heavy (non-hydrogen) atoms. The molecule has 2 N–H and O–H groups in total. The summed E-state index contributed by atoms with van der Waals surface area (Å²) in [7, 11) is -3.68. The third-order valence-corrected chi connectivity index (χ3v) is 5.32. The molecule has 0 aromatic heterocycles. The molecule has 0 bridgehead atoms. The number of rotatable bonds is 8. The van der Waals surface area contributed by atoms with Gasteiger partial charge >= 0.3 is 0 Å². The Morgan fingerprint density at radius 3 is 2.35 bits per heavy atom. The molecule has 7 heteroatoms. The van der Waals surface area contributed by atoms with Crippen LogP contribution in [0.5, 0.6) is 0 Å². The zero-order valence-electron chi connectivity index (χ0n) is 11.4. The summed E-state index contributed by atoms with van der Waals surface area (Å²) in [6, 6.07) is 6.57. The van der Waals surface area contributed by atoms with Gasteiger partial charge in [0.05, 0.1) is 11.4 Å². The minimum absolute atomic E-state index is 0.180. The molecule has 1 aromatic rings. The minimum Gasteiger partial charge on any atom is -0.369 e. The highest BCUT2D eigenvalue weighted by Gasteiger charge is 2.25. The molecule has 0 aliphatic rings. The van der Waals surface area contributed by atoms with Crippen molar-refractivity contribution in [3.05, 3.63) is 29.8 Å². The van der Waals surface area contributed by atoms with E-state index in [4.69, 9.17) is 5.73 Å². The molecular weight excluding hydrogens is 344 g/mol. The van der Waals surface area contributed by atoms with Gasteiger partial charge in [0.25, 0.3) is 0 Å². The van der Waals surface area contributed by atoms with Gasteiger partial charge in [0.15, 0.2) is 0 Å². The Balaban J connectivity index is 3.03. The molecule has 5 nitrogen and oxygen atoms in total. The van der Waals surface area contributed by atoms with Crippen LogP contribution >= 0.6 is 15.9 Å². The Hall–Kier alpha value is -0.920. The Morgan fingerprint density at radius 1 is 1.30 bits per heavy atom. The summed E-state index contributed by atoms with van der Waals surface area (Å²) in [6.45, 7) is 1.96. The number of carbonyl (C=O) groups excluding carboxylic acids is 1. The third kappa shape index (κ3) is 4.57. The van der Waals surface area contributed by atoms with Gasteiger partial charge in [-0.3, -0.25) is 4.79 Å². The van der Waals surface area contributed by atoms with Crippen LogP contribution in [-0.4, -0.2) is 31.7 Å². The average molecular weight is 363 g/mol. The number of halogens is 1. The molecule has 0 atom stereocenters. The molecule has 0 saturated heterocycles. The third-order valence-electron chi connectivity index (χ3n) is 2.81. The topological polar surface area (TPSA) is 80.5 Å². The van der Waals surface area contributed by atoms with E-state index >= 15 is 0 Å². The second kappa shape index (κ2) is 7.75. The molecule has 0 heterocycles. The highest BCUT2D eigenvalue weighted by atomic mass is 79.9. The second-order valence-corrected chi connectivity index (χ2v) is 6.93. The zero-order chi connectivity index (χ0) is 15.2. The summed E-state index contributed by atoms with van der Waals surface area (Å²) < 4.78 is 26.1. The maximum absolute atomic E-state index is 12.5. The molecule has 0 spiro atoms. The van der Waals surface area contributed by atoms with Crippen molar-refractivity contribution < 1.29 is 13.2 Å². The summed E-state index contributed by atoms with van der Waals surface area (Å²) in [5.41, 5.74) is 6.12. The van der Waals surface area contributed by atoms with E-state index in [-0.39, 0.29) is 11.4 Å². The lowest BCUT2D eigenvalue weighted by Gasteiger charge is -2.20. The Bertz CT molecular complexity index is 543. The van der Waals surface area contributed by atoms with Crippen molar-refractivity contribution in [1.29, 1.82) is 0 Å². The maximum Gasteiger partial charge on any atom is 0.243 e. The van der Waals surface area contributed by atoms with Crippen LogP contribution in [0.1, 0.15) is 25.3 Å². The summed E-state index contributed by atoms with van der Waals surface area (Å²) in [6.07, 6.45) is 1.53. The van der Waals surface area contributed by atoms with E-state index in [1.165, 1.54) is 0 Å². The van der Waals surface area contributed by atoms with E-state index in [9.17, 15) is 13.2 Å². The number of sulfonamides is 1. The van der Waals surface area contributed by atoms with Crippen LogP contribution in [0.2, 0.25) is 0 Å². The summed E-state index contributed by atoms with van der Waals surface area (Å²) >= 11 is 3.31. The highest BCUT2D eigenvalue weighted by Crippen LogP contribution is 2.18. The Morgan fingerprint density at radius 2 is 1.90 bits per heavy atom. The van der Waals surface area contributed by atoms with Gasteiger partial charge in [0.2, 0.25) is 15.9 Å². The summed E-state index contributed by atoms with van der Waals surface area (Å²) in [5.74, 6) is -0.651. The fourth-order valence-electron chi connectivity index (χ4n) is 1.69. The van der Waals surface area contributed by atoms with E-state index in [0.29, 0.717) is 18.3 Å². The number of benzene rings is 1. The lowest BCUT2D eigenvalue weighted by atomic mass is 10.2. The molecule has 0 radical (unpaired) electrons. The van der Waals surface area contributed by atoms with Gasteiger partial charge in [-0.15, -0.1) is 0 Å². The van der Waals surface area contributed by atoms with Crippen molar-refractivity contribution in [2.45, 2.75) is 30.0 Å². The number of alkyl halides is 1. The van der Waals surface area contributed by atoms with E-state index in [1.807, 2.05) is 6.92 Å². The van der Waals surface area contributed by atoms with Gasteiger partial charge in [-0.05, 0) is 24.1 Å². The Kier molecular flexibility index (Phi) is 6.64. The average Bonchev–Trinajstić information content (AvgIpc) is 2.43. The van der Waals surface area contributed by atoms with Crippen LogP contribution in [0, 0.1) is 0 Å². The molecule has 0 unspecified atom stereocenters. The molecule has 1 amide bonds. The number of nitrogens with two attached hydrogens (primary N) is 1. The molecule has 112 valence electrons. The smallest absolute Gasteiger partial charge is 0.243 e. The maximum atomic E-state index is 12.5. The zero-order valence-corrected chi connectivity index (χ0v) is 13.8. The number of unbranched alkanes of at least 4 members (excludes halogenated alkanes) is 1. The van der Waals surface area contributed by atoms with Crippen molar-refractivity contribution in [1.82, 2.24) is 4.31 Å². The van der Waals surface area contributed by atoms with Crippen LogP contribution in [0.4, 0.5) is 0 Å². The van der Waals surface area contributed by atoms with Crippen LogP contribution < -0.4 is 5.73 Å². The first-order valence-electron chi connectivity index (χ1n) is 6.35. The van der Waals surface area contributed by atoms with Gasteiger partial charge < -0.3 is 5.73 Å². The van der Waals surface area contributed by atoms with E-state index in [2.05, 4.69) is 15.9 Å². The van der Waals surface area contributed by atoms with Crippen LogP contribution in [0.15, 0.2) is 29.2 Å². The van der Waals surface area contributed by atoms with E-state index < -0.39 is 15.9 Å². The van der Waals surface area contributed by atoms with Crippen molar-refractivity contribution in [2.75, 3.05) is 13.1 Å². The quantitative estimate of drug-likeness (QED) is 0.716. The van der Waals surface area contributed by atoms with Gasteiger partial charge in [-0.2, -0.15) is 4.31 Å². The largest absolute Gasteiger partial charge is 0.369 e. The minimum atomic E-state index is -3.68. The molecular formula is C13H19BrN2O3S. The van der Waals surface area contributed by atoms with Gasteiger partial charge in [-0.25, -0.2) is 8.42 Å². The highest BCUT2D eigenvalue weighted by molar-refractivity contribution is 9.08. The Labute approximate surface area is 128 Å². The van der Waals surface area contributed by atoms with Crippen molar-refractivity contribution in [2.24, 2.45) is 5.73 Å². The fraction of sp³-hybridized carbons (Fsp3) is 0.462. The molecule has 0 aliphatic heterocycles. The molecule has 0 fully saturated rings. The number of hydrogen-bond donors (Lipinski definition) is 1. The number of hydrogen-bond acceptors (Lipinski definition) is 3. The molecule has 1 aromatic carbocycles.